The molecule has 3 aliphatic rings. The van der Waals surface area contributed by atoms with Gasteiger partial charge in [0.1, 0.15) is 92.6 Å². The van der Waals surface area contributed by atoms with Gasteiger partial charge in [0.05, 0.1) is 13.2 Å². The molecule has 3 fully saturated rings. The summed E-state index contributed by atoms with van der Waals surface area (Å²) in [4.78, 5) is 66.4. The summed E-state index contributed by atoms with van der Waals surface area (Å²) in [6.45, 7) is 5.57. The first kappa shape index (κ1) is 108. The molecule has 18 atom stereocenters. The largest absolute Gasteiger partial charge is 0.472 e. The molecule has 0 aromatic heterocycles. The summed E-state index contributed by atoms with van der Waals surface area (Å²) < 4.78 is 73.4. The van der Waals surface area contributed by atoms with Gasteiger partial charge in [-0.3, -0.25) is 28.2 Å². The summed E-state index contributed by atoms with van der Waals surface area (Å²) in [6.07, 6.45) is 30.2. The zero-order chi connectivity index (χ0) is 85.4. The van der Waals surface area contributed by atoms with E-state index < -0.39 is 162 Å². The van der Waals surface area contributed by atoms with Crippen molar-refractivity contribution in [2.45, 2.75) is 504 Å². The molecule has 0 amide bonds. The standard InChI is InChI=1S/C91H167O25P/c1-5-9-13-17-21-25-29-33-36-40-44-48-52-56-60-64-75(94)108-70-73-79(98)81(100)85(104)91(112-73)115-88-86(113-77(96)66-62-58-54-50-46-42-38-35-31-27-23-19-15-11-7-3)82(101)83(102)87(114-90-84(103)80(99)78(97)72(67-92)111-90)89(88)116-117(105,106)109-69-71(68-107-74(93)63-59-55-51-47-43-39-32-28-24-20-16-12-8-4)110-76(95)65-61-57-53-49-45-41-37-34-30-26-22-18-14-10-6-2/h27,31,39,43,71-73,78-92,97-104H,5-26,28-30,32-38,40-42,44-70H2,1-4H3,(H,105,106)/b31-27-,43-39-. The van der Waals surface area contributed by atoms with E-state index in [1.165, 1.54) is 173 Å². The number of ether oxygens (including phenoxy) is 8. The fourth-order valence-electron chi connectivity index (χ4n) is 15.4. The maximum Gasteiger partial charge on any atom is 0.472 e. The van der Waals surface area contributed by atoms with Crippen LogP contribution in [0.2, 0.25) is 0 Å². The predicted octanol–water partition coefficient (Wildman–Crippen LogP) is 17.3. The molecule has 1 aliphatic carbocycles. The van der Waals surface area contributed by atoms with Gasteiger partial charge in [-0.25, -0.2) is 4.57 Å². The molecule has 2 aliphatic heterocycles. The fourth-order valence-corrected chi connectivity index (χ4v) is 16.4. The molecule has 18 unspecified atom stereocenters. The summed E-state index contributed by atoms with van der Waals surface area (Å²) >= 11 is 0. The molecular formula is C91H167O25P. The van der Waals surface area contributed by atoms with E-state index in [4.69, 9.17) is 46.9 Å². The van der Waals surface area contributed by atoms with Crippen LogP contribution in [0.25, 0.3) is 0 Å². The third-order valence-electron chi connectivity index (χ3n) is 22.9. The minimum Gasteiger partial charge on any atom is -0.463 e. The Morgan fingerprint density at radius 2 is 0.641 bits per heavy atom. The van der Waals surface area contributed by atoms with Crippen LogP contribution in [0.15, 0.2) is 24.3 Å². The molecule has 1 saturated carbocycles. The lowest BCUT2D eigenvalue weighted by atomic mass is 9.84. The Labute approximate surface area is 704 Å². The topological polar surface area (TPSA) is 380 Å². The molecule has 25 nitrogen and oxygen atoms in total. The number of carbonyl (C=O) groups is 4. The summed E-state index contributed by atoms with van der Waals surface area (Å²) in [6, 6.07) is 0. The number of phosphoric ester groups is 1. The van der Waals surface area contributed by atoms with Crippen LogP contribution < -0.4 is 0 Å². The van der Waals surface area contributed by atoms with Gasteiger partial charge in [-0.2, -0.15) is 0 Å². The van der Waals surface area contributed by atoms with Crippen molar-refractivity contribution in [1.82, 2.24) is 0 Å². The number of hydrogen-bond donors (Lipinski definition) is 10. The predicted molar refractivity (Wildman–Crippen MR) is 453 cm³/mol. The van der Waals surface area contributed by atoms with Gasteiger partial charge < -0.3 is 88.7 Å². The molecule has 2 saturated heterocycles. The van der Waals surface area contributed by atoms with Crippen molar-refractivity contribution in [3.05, 3.63) is 24.3 Å². The third-order valence-corrected chi connectivity index (χ3v) is 23.9. The van der Waals surface area contributed by atoms with Crippen molar-refractivity contribution < 1.29 is 122 Å². The summed E-state index contributed by atoms with van der Waals surface area (Å²) in [5.74, 6) is -2.98. The van der Waals surface area contributed by atoms with Crippen LogP contribution in [0.4, 0.5) is 0 Å². The quantitative estimate of drug-likeness (QED) is 0.00889. The molecule has 117 heavy (non-hydrogen) atoms. The Bertz CT molecular complexity index is 2530. The van der Waals surface area contributed by atoms with Gasteiger partial charge in [-0.15, -0.1) is 0 Å². The first-order valence-corrected chi connectivity index (χ1v) is 48.6. The molecule has 2 heterocycles. The van der Waals surface area contributed by atoms with Crippen molar-refractivity contribution in [2.75, 3.05) is 26.4 Å². The molecule has 0 aromatic rings. The van der Waals surface area contributed by atoms with Crippen molar-refractivity contribution in [3.63, 3.8) is 0 Å². The van der Waals surface area contributed by atoms with Crippen LogP contribution in [-0.2, 0) is 70.7 Å². The smallest absolute Gasteiger partial charge is 0.463 e. The number of esters is 4. The van der Waals surface area contributed by atoms with Gasteiger partial charge in [0.15, 0.2) is 24.8 Å². The van der Waals surface area contributed by atoms with Crippen molar-refractivity contribution >= 4 is 31.7 Å². The first-order chi connectivity index (χ1) is 56.7. The normalized spacial score (nSPS) is 25.1. The van der Waals surface area contributed by atoms with Gasteiger partial charge >= 0.3 is 31.7 Å². The molecule has 0 radical (unpaired) electrons. The van der Waals surface area contributed by atoms with E-state index in [-0.39, 0.29) is 25.7 Å². The van der Waals surface area contributed by atoms with Crippen LogP contribution in [-0.4, -0.2) is 205 Å². The molecule has 26 heteroatoms. The van der Waals surface area contributed by atoms with E-state index in [1.54, 1.807) is 0 Å². The number of unbranched alkanes of at least 4 members (excludes halogenated alkanes) is 48. The lowest BCUT2D eigenvalue weighted by Crippen LogP contribution is -2.70. The van der Waals surface area contributed by atoms with Gasteiger partial charge in [0.2, 0.25) is 0 Å². The second-order valence-corrected chi connectivity index (χ2v) is 34.9. The van der Waals surface area contributed by atoms with E-state index in [0.717, 1.165) is 141 Å². The van der Waals surface area contributed by atoms with E-state index >= 15 is 0 Å². The van der Waals surface area contributed by atoms with Crippen LogP contribution >= 0.6 is 7.82 Å². The average molecular weight is 1690 g/mol. The van der Waals surface area contributed by atoms with E-state index in [1.807, 2.05) is 0 Å². The first-order valence-electron chi connectivity index (χ1n) is 47.1. The number of aliphatic hydroxyl groups excluding tert-OH is 9. The Hall–Kier alpha value is -3.05. The number of aliphatic hydroxyl groups is 9. The molecule has 10 N–H and O–H groups in total. The lowest BCUT2D eigenvalue weighted by molar-refractivity contribution is -0.360. The SMILES string of the molecule is CCCCCC/C=C\CCCCCCCCCC(=O)OC1C(O)C(O)C(OC2OC(CO)C(O)C(O)C2O)C(OP(=O)(O)OCC(COC(=O)CCCCC/C=C\CCCCCCCC)OC(=O)CCCCCCCCCCCCCCCCC)C1OC1OC(COC(=O)CCCCCCCCCCCCCCCCC)C(O)C(O)C1O. The van der Waals surface area contributed by atoms with Crippen molar-refractivity contribution in [3.8, 4) is 0 Å². The number of carbonyl (C=O) groups excluding carboxylic acids is 4. The number of allylic oxidation sites excluding steroid dienone is 4. The Kier molecular flexibility index (Phi) is 64.9. The maximum atomic E-state index is 14.9. The Balaban J connectivity index is 1.92. The summed E-state index contributed by atoms with van der Waals surface area (Å²) in [7, 11) is -5.81. The van der Waals surface area contributed by atoms with Gasteiger partial charge in [-0.05, 0) is 77.0 Å². The Morgan fingerprint density at radius 3 is 1.03 bits per heavy atom. The van der Waals surface area contributed by atoms with E-state index in [9.17, 15) is 74.6 Å². The average Bonchev–Trinajstić information content (AvgIpc) is 0.754. The van der Waals surface area contributed by atoms with Gasteiger partial charge in [0.25, 0.3) is 0 Å². The number of phosphoric acid groups is 1. The van der Waals surface area contributed by atoms with Gasteiger partial charge in [0, 0.05) is 25.7 Å². The zero-order valence-electron chi connectivity index (χ0n) is 73.0. The highest BCUT2D eigenvalue weighted by Gasteiger charge is 2.60. The second kappa shape index (κ2) is 70.3. The molecule has 3 rings (SSSR count). The lowest BCUT2D eigenvalue weighted by Gasteiger charge is -2.50. The summed E-state index contributed by atoms with van der Waals surface area (Å²) in [5, 5.41) is 102. The number of hydrogen-bond acceptors (Lipinski definition) is 24. The highest BCUT2D eigenvalue weighted by molar-refractivity contribution is 7.47. The van der Waals surface area contributed by atoms with Gasteiger partial charge in [-0.1, -0.05) is 322 Å². The van der Waals surface area contributed by atoms with Crippen LogP contribution in [0, 0.1) is 0 Å². The number of rotatable bonds is 76. The minimum absolute atomic E-state index is 0.0151. The van der Waals surface area contributed by atoms with Crippen LogP contribution in [0.3, 0.4) is 0 Å². The second-order valence-electron chi connectivity index (χ2n) is 33.5. The van der Waals surface area contributed by atoms with E-state index in [2.05, 4.69) is 52.0 Å². The van der Waals surface area contributed by atoms with Crippen LogP contribution in [0.1, 0.15) is 400 Å². The molecule has 686 valence electrons. The highest BCUT2D eigenvalue weighted by Crippen LogP contribution is 2.49. The Morgan fingerprint density at radius 1 is 0.333 bits per heavy atom. The monoisotopic (exact) mass is 1690 g/mol. The van der Waals surface area contributed by atoms with Crippen molar-refractivity contribution in [1.29, 1.82) is 0 Å². The van der Waals surface area contributed by atoms with Crippen molar-refractivity contribution in [2.24, 2.45) is 0 Å². The molecular weight excluding hydrogens is 1520 g/mol. The molecule has 0 aromatic carbocycles. The minimum atomic E-state index is -5.81. The zero-order valence-corrected chi connectivity index (χ0v) is 73.9. The fraction of sp³-hybridized carbons (Fsp3) is 0.912. The van der Waals surface area contributed by atoms with E-state index in [0.29, 0.717) is 32.1 Å². The third kappa shape index (κ3) is 50.5. The van der Waals surface area contributed by atoms with Crippen LogP contribution in [0.5, 0.6) is 0 Å². The highest BCUT2D eigenvalue weighted by atomic mass is 31.2. The molecule has 0 bridgehead atoms. The maximum absolute atomic E-state index is 14.9. The summed E-state index contributed by atoms with van der Waals surface area (Å²) in [5.41, 5.74) is 0. The molecule has 0 spiro atoms.